The van der Waals surface area contributed by atoms with Gasteiger partial charge in [0.25, 0.3) is 0 Å². The van der Waals surface area contributed by atoms with Gasteiger partial charge in [-0.1, -0.05) is 28.9 Å². The van der Waals surface area contributed by atoms with E-state index in [2.05, 4.69) is 35.1 Å². The van der Waals surface area contributed by atoms with Gasteiger partial charge in [0.1, 0.15) is 5.82 Å². The highest BCUT2D eigenvalue weighted by molar-refractivity contribution is 9.10. The summed E-state index contributed by atoms with van der Waals surface area (Å²) in [5, 5.41) is 3.58. The van der Waals surface area contributed by atoms with Crippen molar-refractivity contribution in [2.45, 2.75) is 44.7 Å². The van der Waals surface area contributed by atoms with E-state index >= 15 is 0 Å². The van der Waals surface area contributed by atoms with E-state index in [1.165, 1.54) is 5.56 Å². The van der Waals surface area contributed by atoms with Gasteiger partial charge in [-0.3, -0.25) is 0 Å². The van der Waals surface area contributed by atoms with Crippen LogP contribution >= 0.6 is 15.9 Å². The Kier molecular flexibility index (Phi) is 3.65. The van der Waals surface area contributed by atoms with E-state index < -0.39 is 0 Å². The minimum Gasteiger partial charge on any atom is -0.311 e. The molecule has 0 saturated carbocycles. The highest BCUT2D eigenvalue weighted by Gasteiger charge is 2.32. The summed E-state index contributed by atoms with van der Waals surface area (Å²) in [7, 11) is 0. The molecule has 0 radical (unpaired) electrons. The molecule has 1 N–H and O–H groups in total. The molecule has 0 aromatic heterocycles. The van der Waals surface area contributed by atoms with Crippen molar-refractivity contribution in [1.82, 2.24) is 5.32 Å². The van der Waals surface area contributed by atoms with Crippen molar-refractivity contribution in [1.29, 1.82) is 0 Å². The van der Waals surface area contributed by atoms with Crippen molar-refractivity contribution in [3.8, 4) is 0 Å². The van der Waals surface area contributed by atoms with E-state index in [0.29, 0.717) is 18.0 Å². The minimum atomic E-state index is -0.178. The quantitative estimate of drug-likeness (QED) is 0.871. The van der Waals surface area contributed by atoms with Crippen LogP contribution in [0.15, 0.2) is 22.7 Å². The lowest BCUT2D eigenvalue weighted by Gasteiger charge is -2.19. The predicted molar refractivity (Wildman–Crippen MR) is 68.1 cm³/mol. The molecule has 0 spiro atoms. The summed E-state index contributed by atoms with van der Waals surface area (Å²) < 4.78 is 13.9. The molecule has 3 atom stereocenters. The first-order chi connectivity index (χ1) is 7.61. The normalized spacial score (nSPS) is 29.6. The molecule has 1 heterocycles. The number of benzene rings is 1. The molecular formula is C13H17BrFN. The fourth-order valence-electron chi connectivity index (χ4n) is 2.64. The largest absolute Gasteiger partial charge is 0.311 e. The lowest BCUT2D eigenvalue weighted by Crippen LogP contribution is -2.28. The average Bonchev–Trinajstić information content (AvgIpc) is 2.59. The van der Waals surface area contributed by atoms with Crippen LogP contribution in [0.4, 0.5) is 4.39 Å². The Bertz CT molecular complexity index is 380. The molecule has 1 aromatic rings. The smallest absolute Gasteiger partial charge is 0.124 e. The van der Waals surface area contributed by atoms with Gasteiger partial charge < -0.3 is 5.32 Å². The van der Waals surface area contributed by atoms with Crippen molar-refractivity contribution in [3.63, 3.8) is 0 Å². The van der Waals surface area contributed by atoms with Gasteiger partial charge in [0.15, 0.2) is 0 Å². The number of rotatable bonds is 2. The SMILES string of the molecule is CCC1NC(C)CC1c1ccc(F)cc1Br. The lowest BCUT2D eigenvalue weighted by molar-refractivity contribution is 0.515. The van der Waals surface area contributed by atoms with Crippen molar-refractivity contribution in [2.75, 3.05) is 0 Å². The Morgan fingerprint density at radius 1 is 1.50 bits per heavy atom. The van der Waals surface area contributed by atoms with Crippen LogP contribution in [0.1, 0.15) is 38.2 Å². The molecule has 0 amide bonds. The van der Waals surface area contributed by atoms with Crippen LogP contribution in [0.3, 0.4) is 0 Å². The standard InChI is InChI=1S/C13H17BrFN/c1-3-13-11(6-8(2)16-13)10-5-4-9(15)7-12(10)14/h4-5,7-8,11,13,16H,3,6H2,1-2H3. The van der Waals surface area contributed by atoms with Gasteiger partial charge in [-0.2, -0.15) is 0 Å². The maximum absolute atomic E-state index is 13.0. The van der Waals surface area contributed by atoms with E-state index in [4.69, 9.17) is 0 Å². The summed E-state index contributed by atoms with van der Waals surface area (Å²) in [6, 6.07) is 6.08. The minimum absolute atomic E-state index is 0.178. The first-order valence-electron chi connectivity index (χ1n) is 5.82. The number of hydrogen-bond donors (Lipinski definition) is 1. The third-order valence-corrected chi connectivity index (χ3v) is 4.08. The molecule has 0 bridgehead atoms. The van der Waals surface area contributed by atoms with E-state index in [9.17, 15) is 4.39 Å². The Labute approximate surface area is 105 Å². The Morgan fingerprint density at radius 3 is 2.88 bits per heavy atom. The number of halogens is 2. The maximum Gasteiger partial charge on any atom is 0.124 e. The second-order valence-electron chi connectivity index (χ2n) is 4.59. The lowest BCUT2D eigenvalue weighted by atomic mass is 9.90. The van der Waals surface area contributed by atoms with Gasteiger partial charge in [0, 0.05) is 22.5 Å². The van der Waals surface area contributed by atoms with Gasteiger partial charge in [0.05, 0.1) is 0 Å². The Hall–Kier alpha value is -0.410. The van der Waals surface area contributed by atoms with E-state index in [0.717, 1.165) is 17.3 Å². The van der Waals surface area contributed by atoms with E-state index in [-0.39, 0.29) is 5.82 Å². The molecule has 1 fully saturated rings. The molecule has 88 valence electrons. The summed E-state index contributed by atoms with van der Waals surface area (Å²) in [6.07, 6.45) is 2.24. The van der Waals surface area contributed by atoms with Gasteiger partial charge in [-0.05, 0) is 37.5 Å². The molecule has 1 aromatic carbocycles. The van der Waals surface area contributed by atoms with Crippen molar-refractivity contribution >= 4 is 15.9 Å². The number of hydrogen-bond acceptors (Lipinski definition) is 1. The highest BCUT2D eigenvalue weighted by Crippen LogP contribution is 2.36. The monoisotopic (exact) mass is 285 g/mol. The van der Waals surface area contributed by atoms with E-state index in [1.807, 2.05) is 6.07 Å². The summed E-state index contributed by atoms with van der Waals surface area (Å²) >= 11 is 3.47. The predicted octanol–water partition coefficient (Wildman–Crippen LogP) is 3.83. The molecule has 3 unspecified atom stereocenters. The van der Waals surface area contributed by atoms with Crippen LogP contribution in [0.5, 0.6) is 0 Å². The maximum atomic E-state index is 13.0. The number of nitrogens with one attached hydrogen (secondary N) is 1. The molecule has 16 heavy (non-hydrogen) atoms. The van der Waals surface area contributed by atoms with Crippen LogP contribution in [-0.4, -0.2) is 12.1 Å². The van der Waals surface area contributed by atoms with Crippen LogP contribution in [0, 0.1) is 5.82 Å². The molecule has 1 aliphatic rings. The first-order valence-corrected chi connectivity index (χ1v) is 6.62. The third-order valence-electron chi connectivity index (χ3n) is 3.39. The summed E-state index contributed by atoms with van der Waals surface area (Å²) in [6.45, 7) is 4.40. The van der Waals surface area contributed by atoms with Crippen LogP contribution in [0.25, 0.3) is 0 Å². The van der Waals surface area contributed by atoms with Crippen LogP contribution < -0.4 is 5.32 Å². The second-order valence-corrected chi connectivity index (χ2v) is 5.44. The molecule has 0 aliphatic carbocycles. The highest BCUT2D eigenvalue weighted by atomic mass is 79.9. The Morgan fingerprint density at radius 2 is 2.25 bits per heavy atom. The zero-order valence-electron chi connectivity index (χ0n) is 9.63. The van der Waals surface area contributed by atoms with Crippen molar-refractivity contribution < 1.29 is 4.39 Å². The summed E-state index contributed by atoms with van der Waals surface area (Å²) in [4.78, 5) is 0. The van der Waals surface area contributed by atoms with Gasteiger partial charge in [-0.15, -0.1) is 0 Å². The topological polar surface area (TPSA) is 12.0 Å². The van der Waals surface area contributed by atoms with Crippen LogP contribution in [0.2, 0.25) is 0 Å². The Balaban J connectivity index is 2.29. The van der Waals surface area contributed by atoms with Gasteiger partial charge in [-0.25, -0.2) is 4.39 Å². The van der Waals surface area contributed by atoms with Gasteiger partial charge >= 0.3 is 0 Å². The molecular weight excluding hydrogens is 269 g/mol. The zero-order chi connectivity index (χ0) is 11.7. The molecule has 2 rings (SSSR count). The first kappa shape index (κ1) is 12.1. The summed E-state index contributed by atoms with van der Waals surface area (Å²) in [5.41, 5.74) is 1.23. The fourth-order valence-corrected chi connectivity index (χ4v) is 3.29. The summed E-state index contributed by atoms with van der Waals surface area (Å²) in [5.74, 6) is 0.317. The zero-order valence-corrected chi connectivity index (χ0v) is 11.2. The molecule has 1 nitrogen and oxygen atoms in total. The fraction of sp³-hybridized carbons (Fsp3) is 0.538. The van der Waals surface area contributed by atoms with E-state index in [1.54, 1.807) is 12.1 Å². The average molecular weight is 286 g/mol. The molecule has 1 aliphatic heterocycles. The van der Waals surface area contributed by atoms with Crippen molar-refractivity contribution in [3.05, 3.63) is 34.1 Å². The molecule has 1 saturated heterocycles. The van der Waals surface area contributed by atoms with Gasteiger partial charge in [0.2, 0.25) is 0 Å². The van der Waals surface area contributed by atoms with Crippen LogP contribution in [-0.2, 0) is 0 Å². The molecule has 3 heteroatoms. The third kappa shape index (κ3) is 2.30. The second kappa shape index (κ2) is 4.84. The van der Waals surface area contributed by atoms with Crippen molar-refractivity contribution in [2.24, 2.45) is 0 Å².